The van der Waals surface area contributed by atoms with Crippen LogP contribution in [0.2, 0.25) is 0 Å². The molecule has 0 spiro atoms. The van der Waals surface area contributed by atoms with Crippen LogP contribution in [0.5, 0.6) is 0 Å². The number of nitrogens with one attached hydrogen (secondary N) is 1. The molecule has 0 radical (unpaired) electrons. The summed E-state index contributed by atoms with van der Waals surface area (Å²) in [5.74, 6) is 1.15. The molecule has 0 saturated heterocycles. The van der Waals surface area contributed by atoms with E-state index in [0.29, 0.717) is 11.8 Å². The van der Waals surface area contributed by atoms with Crippen molar-refractivity contribution < 1.29 is 43.8 Å². The molecule has 0 bridgehead atoms. The van der Waals surface area contributed by atoms with E-state index in [0.717, 1.165) is 16.7 Å². The predicted octanol–water partition coefficient (Wildman–Crippen LogP) is 6.76. The first-order chi connectivity index (χ1) is 22.4. The summed E-state index contributed by atoms with van der Waals surface area (Å²) < 4.78 is 45.2. The van der Waals surface area contributed by atoms with E-state index in [4.69, 9.17) is 33.1 Å². The van der Waals surface area contributed by atoms with Crippen LogP contribution in [0.1, 0.15) is 68.7 Å². The van der Waals surface area contributed by atoms with Crippen LogP contribution in [0.15, 0.2) is 96.1 Å². The van der Waals surface area contributed by atoms with E-state index in [9.17, 15) is 0 Å². The molecule has 9 heteroatoms. The third-order valence-corrected chi connectivity index (χ3v) is 8.71. The molecule has 3 aromatic rings. The molecule has 1 N–H and O–H groups in total. The second kappa shape index (κ2) is 23.5. The minimum atomic E-state index is 0.0213. The second-order valence-corrected chi connectivity index (χ2v) is 11.5. The quantitative estimate of drug-likeness (QED) is 0.222. The van der Waals surface area contributed by atoms with E-state index in [1.54, 1.807) is 0 Å². The third kappa shape index (κ3) is 11.2. The number of rotatable bonds is 7. The van der Waals surface area contributed by atoms with Crippen molar-refractivity contribution in [2.75, 3.05) is 0 Å². The first-order valence-corrected chi connectivity index (χ1v) is 14.8. The molecule has 0 amide bonds. The summed E-state index contributed by atoms with van der Waals surface area (Å²) in [5.41, 5.74) is 8.27. The monoisotopic (exact) mass is 656 g/mol. The number of benzene rings is 3. The van der Waals surface area contributed by atoms with Gasteiger partial charge < -0.3 is 0 Å². The standard InChI is InChI=1S/C32H36N2O.5CO.Cr/c1-23-19-20-27(32(2,3)26-17-11-6-12-18-26)29(21-23)35-22-28-30(24-13-7-4-8-14-24)31(34-33-28)25-15-9-5-10-16-25;5*1-2;/h4-18,23,27,29-31,34H,19-21H2,1-3H3;;;;;;/t23-,27-,29-,30-,31+;;;;;;/m1....../s1. The van der Waals surface area contributed by atoms with E-state index >= 15 is 0 Å². The zero-order valence-corrected chi connectivity index (χ0v) is 27.2. The average molecular weight is 657 g/mol. The number of hydrogen-bond acceptors (Lipinski definition) is 3. The summed E-state index contributed by atoms with van der Waals surface area (Å²) >= 11 is 3.29. The van der Waals surface area contributed by atoms with Crippen LogP contribution in [0.25, 0.3) is 0 Å². The van der Waals surface area contributed by atoms with Gasteiger partial charge in [-0.05, 0) is 0 Å². The number of hydrazone groups is 1. The third-order valence-electron chi connectivity index (χ3n) is 8.24. The summed E-state index contributed by atoms with van der Waals surface area (Å²) in [5, 5.41) is 4.85. The molecule has 2 aliphatic rings. The van der Waals surface area contributed by atoms with E-state index in [1.807, 2.05) is 0 Å². The van der Waals surface area contributed by atoms with Crippen LogP contribution in [-0.4, -0.2) is 16.4 Å². The van der Waals surface area contributed by atoms with Crippen molar-refractivity contribution in [3.05, 3.63) is 141 Å². The Morgan fingerprint density at radius 3 is 1.70 bits per heavy atom. The average Bonchev–Trinajstić information content (AvgIpc) is 3.59. The maximum absolute atomic E-state index is 7.50. The van der Waals surface area contributed by atoms with Crippen molar-refractivity contribution in [1.82, 2.24) is 5.43 Å². The Labute approximate surface area is 280 Å². The fourth-order valence-electron chi connectivity index (χ4n) is 6.12. The molecule has 3 aromatic carbocycles. The molecule has 1 heterocycles. The molecular formula is C37H36CrN2O6. The van der Waals surface area contributed by atoms with Crippen molar-refractivity contribution in [1.29, 1.82) is 0 Å². The van der Waals surface area contributed by atoms with Crippen LogP contribution < -0.4 is 5.43 Å². The van der Waals surface area contributed by atoms with Gasteiger partial charge in [-0.25, -0.2) is 0 Å². The van der Waals surface area contributed by atoms with Gasteiger partial charge in [-0.2, -0.15) is 0 Å². The molecule has 5 atom stereocenters. The Kier molecular flexibility index (Phi) is 21.6. The summed E-state index contributed by atoms with van der Waals surface area (Å²) in [4.78, 5) is 0. The molecule has 1 aliphatic carbocycles. The normalized spacial score (nSPS) is 20.7. The summed E-state index contributed by atoms with van der Waals surface area (Å²) in [6, 6.07) is 32.3. The van der Waals surface area contributed by atoms with Crippen molar-refractivity contribution in [3.63, 3.8) is 0 Å². The number of hydrogen-bond donors (Lipinski definition) is 1. The first kappa shape index (κ1) is 42.2. The van der Waals surface area contributed by atoms with E-state index in [2.05, 4.69) is 166 Å². The van der Waals surface area contributed by atoms with Gasteiger partial charge in [-0.3, -0.25) is 0 Å². The maximum atomic E-state index is 7.50. The summed E-state index contributed by atoms with van der Waals surface area (Å²) in [6.45, 7) is 29.6. The van der Waals surface area contributed by atoms with E-state index in [-0.39, 0.29) is 23.5 Å². The predicted molar refractivity (Wildman–Crippen MR) is 164 cm³/mol. The van der Waals surface area contributed by atoms with Crippen molar-refractivity contribution in [2.24, 2.45) is 16.9 Å². The summed E-state index contributed by atoms with van der Waals surface area (Å²) in [6.07, 6.45) is 3.61. The minimum absolute atomic E-state index is 0.0213. The zero-order chi connectivity index (χ0) is 35.1. The van der Waals surface area contributed by atoms with Gasteiger partial charge in [0, 0.05) is 0 Å². The second-order valence-electron chi connectivity index (χ2n) is 11.0. The summed E-state index contributed by atoms with van der Waals surface area (Å²) in [7, 11) is 0. The Morgan fingerprint density at radius 1 is 0.739 bits per heavy atom. The Balaban J connectivity index is 0.00000185. The molecule has 0 aromatic heterocycles. The molecule has 5 rings (SSSR count). The van der Waals surface area contributed by atoms with Crippen LogP contribution >= 0.6 is 0 Å². The molecular weight excluding hydrogens is 620 g/mol. The van der Waals surface area contributed by atoms with Gasteiger partial charge in [0.05, 0.1) is 0 Å². The van der Waals surface area contributed by atoms with Gasteiger partial charge in [0.25, 0.3) is 0 Å². The molecule has 1 aliphatic heterocycles. The molecule has 8 nitrogen and oxygen atoms in total. The van der Waals surface area contributed by atoms with Gasteiger partial charge in [-0.15, -0.1) is 0 Å². The number of ether oxygens (including phenoxy) is 1. The van der Waals surface area contributed by atoms with Crippen molar-refractivity contribution >= 4 is 10.3 Å². The van der Waals surface area contributed by atoms with Gasteiger partial charge in [0.2, 0.25) is 0 Å². The molecule has 1 saturated carbocycles. The topological polar surface area (TPSA) is 133 Å². The Bertz CT molecular complexity index is 1400. The van der Waals surface area contributed by atoms with Crippen molar-refractivity contribution in [3.8, 4) is 0 Å². The van der Waals surface area contributed by atoms with Gasteiger partial charge in [0.15, 0.2) is 0 Å². The molecule has 1 fully saturated rings. The fourth-order valence-corrected chi connectivity index (χ4v) is 6.58. The van der Waals surface area contributed by atoms with Gasteiger partial charge >= 0.3 is 281 Å². The van der Waals surface area contributed by atoms with Crippen LogP contribution in [0.3, 0.4) is 0 Å². The molecule has 0 unspecified atom stereocenters. The first-order valence-electron chi connectivity index (χ1n) is 14.2. The zero-order valence-electron chi connectivity index (χ0n) is 26.0. The van der Waals surface area contributed by atoms with Gasteiger partial charge in [0.1, 0.15) is 0 Å². The van der Waals surface area contributed by atoms with Crippen LogP contribution in [0.4, 0.5) is 0 Å². The van der Waals surface area contributed by atoms with E-state index in [1.165, 1.54) is 29.5 Å². The molecule has 46 heavy (non-hydrogen) atoms. The Morgan fingerprint density at radius 2 is 1.20 bits per heavy atom. The fraction of sp³-hybridized carbons (Fsp3) is 0.324. The number of nitrogens with zero attached hydrogens (tertiary/aromatic N) is 1. The van der Waals surface area contributed by atoms with Crippen molar-refractivity contribution in [2.45, 2.75) is 63.5 Å². The van der Waals surface area contributed by atoms with Crippen LogP contribution in [-0.2, 0) is 49.3 Å². The van der Waals surface area contributed by atoms with E-state index < -0.39 is 0 Å². The SMILES string of the molecule is C[C@@H]1CC[C@@H](C(C)(C)c2ccccc2)[C@H](O[C](=[Cr])C2=NN[C@@H](c3ccccc3)[C@@H]2c2ccccc2)C1.[C-]#[O+].[C-]#[O+].[C-]#[O+].[C-]#[O+].[C-]#[O+]. The molecule has 236 valence electrons. The Hall–Kier alpha value is -3.81. The van der Waals surface area contributed by atoms with Gasteiger partial charge in [-0.1, -0.05) is 0 Å². The van der Waals surface area contributed by atoms with Crippen LogP contribution in [0, 0.1) is 45.1 Å².